The zero-order valence-corrected chi connectivity index (χ0v) is 34.3. The molecule has 14 nitrogen and oxygen atoms in total. The second-order valence-corrected chi connectivity index (χ2v) is 15.1. The van der Waals surface area contributed by atoms with Crippen LogP contribution in [0.15, 0.2) is 48.6 Å². The third kappa shape index (κ3) is 19.7. The van der Waals surface area contributed by atoms with E-state index < -0.39 is 86.8 Å². The van der Waals surface area contributed by atoms with Crippen molar-refractivity contribution in [2.45, 2.75) is 197 Å². The highest BCUT2D eigenvalue weighted by Gasteiger charge is 2.50. The number of amides is 1. The lowest BCUT2D eigenvalue weighted by Gasteiger charge is -2.46. The third-order valence-corrected chi connectivity index (χ3v) is 10.2. The first-order chi connectivity index (χ1) is 27.6. The summed E-state index contributed by atoms with van der Waals surface area (Å²) in [5.41, 5.74) is 0. The smallest absolute Gasteiger partial charge is 0.220 e. The summed E-state index contributed by atoms with van der Waals surface area (Å²) in [6, 6.07) is -0.938. The van der Waals surface area contributed by atoms with Crippen molar-refractivity contribution < 1.29 is 64.6 Å². The van der Waals surface area contributed by atoms with Gasteiger partial charge in [-0.05, 0) is 64.2 Å². The number of hydrogen-bond donors (Lipinski definition) is 9. The highest BCUT2D eigenvalue weighted by atomic mass is 16.7. The van der Waals surface area contributed by atoms with Gasteiger partial charge in [-0.25, -0.2) is 0 Å². The maximum atomic E-state index is 13.0. The summed E-state index contributed by atoms with van der Waals surface area (Å²) in [4.78, 5) is 13.0. The van der Waals surface area contributed by atoms with Gasteiger partial charge < -0.3 is 65.1 Å². The average molecular weight is 814 g/mol. The van der Waals surface area contributed by atoms with Crippen molar-refractivity contribution in [1.82, 2.24) is 5.32 Å². The number of unbranched alkanes of at least 4 members (excludes halogenated alkanes) is 11. The topological polar surface area (TPSA) is 228 Å². The van der Waals surface area contributed by atoms with Crippen molar-refractivity contribution in [2.24, 2.45) is 0 Å². The lowest BCUT2D eigenvalue weighted by atomic mass is 9.97. The Balaban J connectivity index is 1.96. The van der Waals surface area contributed by atoms with Crippen LogP contribution in [-0.4, -0.2) is 140 Å². The quantitative estimate of drug-likeness (QED) is 0.0375. The Morgan fingerprint density at radius 1 is 0.614 bits per heavy atom. The second kappa shape index (κ2) is 30.9. The van der Waals surface area contributed by atoms with E-state index in [1.54, 1.807) is 6.08 Å². The molecule has 330 valence electrons. The van der Waals surface area contributed by atoms with E-state index in [9.17, 15) is 45.6 Å². The summed E-state index contributed by atoms with van der Waals surface area (Å²) in [7, 11) is 0. The summed E-state index contributed by atoms with van der Waals surface area (Å²) in [5.74, 6) is -0.270. The molecular weight excluding hydrogens is 738 g/mol. The predicted octanol–water partition coefficient (Wildman–Crippen LogP) is 3.37. The Kier molecular flexibility index (Phi) is 27.7. The van der Waals surface area contributed by atoms with E-state index in [1.807, 2.05) is 6.08 Å². The summed E-state index contributed by atoms with van der Waals surface area (Å²) >= 11 is 0. The van der Waals surface area contributed by atoms with Gasteiger partial charge in [0.25, 0.3) is 0 Å². The normalized spacial score (nSPS) is 29.6. The monoisotopic (exact) mass is 814 g/mol. The van der Waals surface area contributed by atoms with E-state index >= 15 is 0 Å². The molecule has 2 saturated heterocycles. The number of ether oxygens (including phenoxy) is 4. The first-order valence-corrected chi connectivity index (χ1v) is 21.4. The Hall–Kier alpha value is -2.05. The summed E-state index contributed by atoms with van der Waals surface area (Å²) in [6.07, 6.45) is 16.0. The van der Waals surface area contributed by atoms with Crippen LogP contribution in [0.4, 0.5) is 0 Å². The number of aliphatic hydroxyl groups is 8. The van der Waals surface area contributed by atoms with Gasteiger partial charge in [0.15, 0.2) is 12.6 Å². The van der Waals surface area contributed by atoms with Crippen LogP contribution in [0.3, 0.4) is 0 Å². The molecule has 9 N–H and O–H groups in total. The maximum absolute atomic E-state index is 13.0. The van der Waals surface area contributed by atoms with E-state index in [1.165, 1.54) is 19.3 Å². The van der Waals surface area contributed by atoms with E-state index in [-0.39, 0.29) is 18.9 Å². The highest BCUT2D eigenvalue weighted by molar-refractivity contribution is 5.76. The summed E-state index contributed by atoms with van der Waals surface area (Å²) < 4.78 is 22.5. The van der Waals surface area contributed by atoms with Crippen molar-refractivity contribution in [3.05, 3.63) is 48.6 Å². The third-order valence-electron chi connectivity index (χ3n) is 10.2. The standard InChI is InChI=1S/C43H75NO13/c1-3-5-7-9-11-13-15-17-19-21-23-25-27-35(48)44-31(32(47)26-24-22-20-18-16-14-12-10-8-6-4-2)30-54-42-40(53)38(51)41(34(29-46)56-42)57-43-39(52)37(50)36(49)33(28-45)55-43/h8,10-11,13,16,18,24,26,31-34,36-43,45-47,49-53H,3-7,9,12,14-15,17,19-23,25,27-30H2,1-2H3,(H,44,48)/b10-8+,13-11-,18-16+,26-24+. The first kappa shape index (κ1) is 51.1. The minimum Gasteiger partial charge on any atom is -0.394 e. The lowest BCUT2D eigenvalue weighted by Crippen LogP contribution is -2.65. The molecule has 0 aliphatic carbocycles. The van der Waals surface area contributed by atoms with Crippen molar-refractivity contribution in [3.8, 4) is 0 Å². The molecule has 2 aliphatic heterocycles. The number of carbonyl (C=O) groups excluding carboxylic acids is 1. The molecule has 14 heteroatoms. The molecule has 1 amide bonds. The Bertz CT molecular complexity index is 1150. The van der Waals surface area contributed by atoms with Crippen LogP contribution in [-0.2, 0) is 23.7 Å². The predicted molar refractivity (Wildman–Crippen MR) is 217 cm³/mol. The fourth-order valence-electron chi connectivity index (χ4n) is 6.61. The SMILES string of the molecule is CCC/C=C/CC/C=C/CC/C=C/C(O)C(COC1OC(CO)C(OC2OC(CO)C(O)C(O)C2O)C(O)C1O)NC(=O)CCCCCCC/C=C\CCCCC. The number of hydrogen-bond acceptors (Lipinski definition) is 13. The highest BCUT2D eigenvalue weighted by Crippen LogP contribution is 2.29. The number of allylic oxidation sites excluding steroid dienone is 7. The molecule has 2 aliphatic rings. The van der Waals surface area contributed by atoms with Crippen molar-refractivity contribution >= 4 is 5.91 Å². The van der Waals surface area contributed by atoms with Gasteiger partial charge >= 0.3 is 0 Å². The lowest BCUT2D eigenvalue weighted by molar-refractivity contribution is -0.359. The molecule has 2 fully saturated rings. The summed E-state index contributed by atoms with van der Waals surface area (Å²) in [5, 5.41) is 86.2. The van der Waals surface area contributed by atoms with Crippen LogP contribution in [0.1, 0.15) is 123 Å². The van der Waals surface area contributed by atoms with Crippen molar-refractivity contribution in [3.63, 3.8) is 0 Å². The molecule has 12 atom stereocenters. The van der Waals surface area contributed by atoms with Gasteiger partial charge in [0.2, 0.25) is 5.91 Å². The number of carbonyl (C=O) groups is 1. The van der Waals surface area contributed by atoms with Crippen LogP contribution >= 0.6 is 0 Å². The van der Waals surface area contributed by atoms with Crippen LogP contribution in [0, 0.1) is 0 Å². The van der Waals surface area contributed by atoms with E-state index in [0.717, 1.165) is 70.6 Å². The van der Waals surface area contributed by atoms with Crippen LogP contribution in [0.5, 0.6) is 0 Å². The number of nitrogens with one attached hydrogen (secondary N) is 1. The van der Waals surface area contributed by atoms with E-state index in [4.69, 9.17) is 18.9 Å². The van der Waals surface area contributed by atoms with Crippen LogP contribution in [0.25, 0.3) is 0 Å². The van der Waals surface area contributed by atoms with Gasteiger partial charge in [-0.2, -0.15) is 0 Å². The van der Waals surface area contributed by atoms with Gasteiger partial charge in [-0.1, -0.05) is 101 Å². The molecular formula is C43H75NO13. The summed E-state index contributed by atoms with van der Waals surface area (Å²) in [6.45, 7) is 2.60. The minimum absolute atomic E-state index is 0.257. The maximum Gasteiger partial charge on any atom is 0.220 e. The van der Waals surface area contributed by atoms with Gasteiger partial charge in [-0.3, -0.25) is 4.79 Å². The second-order valence-electron chi connectivity index (χ2n) is 15.1. The largest absolute Gasteiger partial charge is 0.394 e. The molecule has 0 aromatic carbocycles. The fraction of sp³-hybridized carbons (Fsp3) is 0.791. The molecule has 0 spiro atoms. The van der Waals surface area contributed by atoms with Crippen LogP contribution in [0.2, 0.25) is 0 Å². The van der Waals surface area contributed by atoms with Gasteiger partial charge in [0, 0.05) is 6.42 Å². The molecule has 0 aromatic rings. The zero-order chi connectivity index (χ0) is 41.8. The molecule has 12 unspecified atom stereocenters. The minimum atomic E-state index is -1.79. The molecule has 0 saturated carbocycles. The Labute approximate surface area is 340 Å². The van der Waals surface area contributed by atoms with E-state index in [0.29, 0.717) is 12.8 Å². The van der Waals surface area contributed by atoms with Gasteiger partial charge in [0.1, 0.15) is 48.8 Å². The Morgan fingerprint density at radius 3 is 1.79 bits per heavy atom. The van der Waals surface area contributed by atoms with Crippen molar-refractivity contribution in [2.75, 3.05) is 19.8 Å². The van der Waals surface area contributed by atoms with Crippen molar-refractivity contribution in [1.29, 1.82) is 0 Å². The first-order valence-electron chi connectivity index (χ1n) is 21.4. The molecule has 0 aromatic heterocycles. The number of rotatable bonds is 30. The van der Waals surface area contributed by atoms with Gasteiger partial charge in [0.05, 0.1) is 32.0 Å². The zero-order valence-electron chi connectivity index (χ0n) is 34.3. The average Bonchev–Trinajstić information content (AvgIpc) is 3.21. The molecule has 0 radical (unpaired) electrons. The molecule has 57 heavy (non-hydrogen) atoms. The number of aliphatic hydroxyl groups excluding tert-OH is 8. The van der Waals surface area contributed by atoms with Gasteiger partial charge in [-0.15, -0.1) is 0 Å². The Morgan fingerprint density at radius 2 is 1.16 bits per heavy atom. The molecule has 2 heterocycles. The fourth-order valence-corrected chi connectivity index (χ4v) is 6.61. The molecule has 0 bridgehead atoms. The molecule has 2 rings (SSSR count). The van der Waals surface area contributed by atoms with Crippen LogP contribution < -0.4 is 5.32 Å². The van der Waals surface area contributed by atoms with E-state index in [2.05, 4.69) is 55.6 Å².